The Hall–Kier alpha value is -3.19. The molecule has 0 unspecified atom stereocenters. The lowest BCUT2D eigenvalue weighted by Crippen LogP contribution is -2.27. The summed E-state index contributed by atoms with van der Waals surface area (Å²) in [7, 11) is 3.12. The number of hydrogen-bond donors (Lipinski definition) is 1. The number of ether oxygens (including phenoxy) is 2. The molecule has 0 saturated heterocycles. The van der Waals surface area contributed by atoms with Crippen LogP contribution in [0.15, 0.2) is 36.5 Å². The second-order valence-corrected chi connectivity index (χ2v) is 7.00. The number of phenolic OH excluding ortho intramolecular Hbond substituents is 1. The number of halogens is 1. The summed E-state index contributed by atoms with van der Waals surface area (Å²) in [6, 6.07) is 8.19. The highest BCUT2D eigenvalue weighted by Crippen LogP contribution is 2.43. The van der Waals surface area contributed by atoms with E-state index < -0.39 is 0 Å². The fourth-order valence-corrected chi connectivity index (χ4v) is 3.76. The van der Waals surface area contributed by atoms with Crippen LogP contribution in [0.25, 0.3) is 10.9 Å². The maximum Gasteiger partial charge on any atom is 0.258 e. The number of pyridine rings is 1. The Morgan fingerprint density at radius 3 is 2.66 bits per heavy atom. The summed E-state index contributed by atoms with van der Waals surface area (Å²) in [4.78, 5) is 18.8. The zero-order valence-electron chi connectivity index (χ0n) is 16.2. The highest BCUT2D eigenvalue weighted by molar-refractivity contribution is 6.08. The molecule has 2 heterocycles. The molecule has 0 atom stereocenters. The smallest absolute Gasteiger partial charge is 0.258 e. The van der Waals surface area contributed by atoms with Crippen molar-refractivity contribution in [3.8, 4) is 11.5 Å². The van der Waals surface area contributed by atoms with Crippen molar-refractivity contribution >= 4 is 16.8 Å². The number of fused-ring (bicyclic) bond motifs is 2. The van der Waals surface area contributed by atoms with Gasteiger partial charge in [0.05, 0.1) is 25.8 Å². The van der Waals surface area contributed by atoms with E-state index in [1.807, 2.05) is 6.07 Å². The van der Waals surface area contributed by atoms with Crippen molar-refractivity contribution in [3.05, 3.63) is 64.6 Å². The molecule has 7 heteroatoms. The zero-order valence-corrected chi connectivity index (χ0v) is 16.2. The van der Waals surface area contributed by atoms with Crippen molar-refractivity contribution in [2.45, 2.75) is 13.0 Å². The van der Waals surface area contributed by atoms with Crippen LogP contribution in [0.4, 0.5) is 4.39 Å². The predicted molar refractivity (Wildman–Crippen MR) is 106 cm³/mol. The van der Waals surface area contributed by atoms with Gasteiger partial charge >= 0.3 is 0 Å². The fourth-order valence-electron chi connectivity index (χ4n) is 3.76. The molecule has 150 valence electrons. The summed E-state index contributed by atoms with van der Waals surface area (Å²) < 4.78 is 23.9. The average Bonchev–Trinajstić information content (AvgIpc) is 3.05. The molecule has 1 amide bonds. The van der Waals surface area contributed by atoms with E-state index in [0.29, 0.717) is 48.3 Å². The molecule has 1 aliphatic rings. The summed E-state index contributed by atoms with van der Waals surface area (Å²) in [5.41, 5.74) is 3.05. The molecule has 4 rings (SSSR count). The lowest BCUT2D eigenvalue weighted by atomic mass is 9.99. The monoisotopic (exact) mass is 396 g/mol. The molecule has 29 heavy (non-hydrogen) atoms. The van der Waals surface area contributed by atoms with Gasteiger partial charge in [0.15, 0.2) is 5.75 Å². The van der Waals surface area contributed by atoms with Gasteiger partial charge in [0.25, 0.3) is 5.91 Å². The van der Waals surface area contributed by atoms with E-state index >= 15 is 0 Å². The van der Waals surface area contributed by atoms with Crippen molar-refractivity contribution in [2.24, 2.45) is 0 Å². The minimum Gasteiger partial charge on any atom is -0.505 e. The molecule has 0 fully saturated rings. The number of aromatic nitrogens is 1. The molecule has 3 aromatic rings. The van der Waals surface area contributed by atoms with Gasteiger partial charge < -0.3 is 19.5 Å². The van der Waals surface area contributed by atoms with Gasteiger partial charge in [-0.3, -0.25) is 9.78 Å². The number of amides is 1. The molecule has 1 N–H and O–H groups in total. The third-order valence-corrected chi connectivity index (χ3v) is 5.17. The van der Waals surface area contributed by atoms with Gasteiger partial charge in [0.2, 0.25) is 0 Å². The minimum atomic E-state index is -0.282. The highest BCUT2D eigenvalue weighted by atomic mass is 19.1. The largest absolute Gasteiger partial charge is 0.505 e. The van der Waals surface area contributed by atoms with Crippen LogP contribution in [0.1, 0.15) is 27.0 Å². The third-order valence-electron chi connectivity index (χ3n) is 5.17. The van der Waals surface area contributed by atoms with E-state index in [0.717, 1.165) is 11.1 Å². The molecule has 0 aliphatic carbocycles. The normalized spacial score (nSPS) is 13.2. The fraction of sp³-hybridized carbons (Fsp3) is 0.273. The van der Waals surface area contributed by atoms with Crippen LogP contribution in [0.5, 0.6) is 11.5 Å². The number of rotatable bonds is 6. The maximum absolute atomic E-state index is 13.1. The SMILES string of the molecule is COCCN1Cc2c(c(O)c3ncc(Cc4ccc(F)cc4)cc3c2OC)C1=O. The second kappa shape index (κ2) is 7.67. The molecular weight excluding hydrogens is 375 g/mol. The van der Waals surface area contributed by atoms with Crippen molar-refractivity contribution in [3.63, 3.8) is 0 Å². The first-order chi connectivity index (χ1) is 14.0. The Balaban J connectivity index is 1.78. The first-order valence-corrected chi connectivity index (χ1v) is 9.26. The molecule has 2 aromatic carbocycles. The lowest BCUT2D eigenvalue weighted by Gasteiger charge is -2.14. The molecule has 0 saturated carbocycles. The van der Waals surface area contributed by atoms with Crippen LogP contribution >= 0.6 is 0 Å². The average molecular weight is 396 g/mol. The van der Waals surface area contributed by atoms with Gasteiger partial charge in [-0.1, -0.05) is 12.1 Å². The molecule has 1 aliphatic heterocycles. The number of hydrogen-bond acceptors (Lipinski definition) is 5. The van der Waals surface area contributed by atoms with E-state index in [1.165, 1.54) is 12.1 Å². The Bertz CT molecular complexity index is 1080. The minimum absolute atomic E-state index is 0.131. The first-order valence-electron chi connectivity index (χ1n) is 9.26. The summed E-state index contributed by atoms with van der Waals surface area (Å²) in [5, 5.41) is 11.4. The molecule has 0 bridgehead atoms. The van der Waals surface area contributed by atoms with Crippen LogP contribution in [0.2, 0.25) is 0 Å². The van der Waals surface area contributed by atoms with Gasteiger partial charge in [-0.15, -0.1) is 0 Å². The Morgan fingerprint density at radius 1 is 1.21 bits per heavy atom. The van der Waals surface area contributed by atoms with E-state index in [2.05, 4.69) is 4.98 Å². The lowest BCUT2D eigenvalue weighted by molar-refractivity contribution is 0.0717. The van der Waals surface area contributed by atoms with E-state index in [4.69, 9.17) is 9.47 Å². The van der Waals surface area contributed by atoms with Crippen LogP contribution in [-0.2, 0) is 17.7 Å². The second-order valence-electron chi connectivity index (χ2n) is 7.00. The van der Waals surface area contributed by atoms with Crippen molar-refractivity contribution < 1.29 is 23.8 Å². The zero-order chi connectivity index (χ0) is 20.5. The summed E-state index contributed by atoms with van der Waals surface area (Å²) in [5.74, 6) is -0.134. The van der Waals surface area contributed by atoms with Crippen molar-refractivity contribution in [1.82, 2.24) is 9.88 Å². The predicted octanol–water partition coefficient (Wildman–Crippen LogP) is 3.28. The third kappa shape index (κ3) is 3.38. The van der Waals surface area contributed by atoms with E-state index in [9.17, 15) is 14.3 Å². The first kappa shape index (κ1) is 19.1. The van der Waals surface area contributed by atoms with Crippen LogP contribution in [0.3, 0.4) is 0 Å². The number of carbonyl (C=O) groups excluding carboxylic acids is 1. The summed E-state index contributed by atoms with van der Waals surface area (Å²) >= 11 is 0. The number of nitrogens with zero attached hydrogens (tertiary/aromatic N) is 2. The van der Waals surface area contributed by atoms with Gasteiger partial charge in [0.1, 0.15) is 17.1 Å². The van der Waals surface area contributed by atoms with Crippen LogP contribution < -0.4 is 4.74 Å². The van der Waals surface area contributed by atoms with Gasteiger partial charge in [-0.25, -0.2) is 4.39 Å². The number of aromatic hydroxyl groups is 1. The number of phenols is 1. The van der Waals surface area contributed by atoms with Gasteiger partial charge in [-0.05, 0) is 35.7 Å². The number of methoxy groups -OCH3 is 2. The number of benzene rings is 2. The molecular formula is C22H21FN2O4. The van der Waals surface area contributed by atoms with Crippen LogP contribution in [0, 0.1) is 5.82 Å². The van der Waals surface area contributed by atoms with E-state index in [-0.39, 0.29) is 23.0 Å². The molecule has 6 nitrogen and oxygen atoms in total. The standard InChI is InChI=1S/C22H21FN2O4/c1-28-8-7-25-12-17-18(22(25)27)20(26)19-16(21(17)29-2)10-14(11-24-19)9-13-3-5-15(23)6-4-13/h3-6,10-11,26H,7-9,12H2,1-2H3. The van der Waals surface area contributed by atoms with Crippen LogP contribution in [-0.4, -0.2) is 48.3 Å². The highest BCUT2D eigenvalue weighted by Gasteiger charge is 2.35. The van der Waals surface area contributed by atoms with Crippen molar-refractivity contribution in [2.75, 3.05) is 27.4 Å². The van der Waals surface area contributed by atoms with Gasteiger partial charge in [-0.2, -0.15) is 0 Å². The molecule has 0 spiro atoms. The molecule has 1 aromatic heterocycles. The van der Waals surface area contributed by atoms with E-state index in [1.54, 1.807) is 37.4 Å². The number of carbonyl (C=O) groups is 1. The van der Waals surface area contributed by atoms with Gasteiger partial charge in [0, 0.05) is 30.8 Å². The maximum atomic E-state index is 13.1. The quantitative estimate of drug-likeness (QED) is 0.692. The summed E-state index contributed by atoms with van der Waals surface area (Å²) in [6.45, 7) is 1.17. The van der Waals surface area contributed by atoms with Crippen molar-refractivity contribution in [1.29, 1.82) is 0 Å². The Labute approximate surface area is 167 Å². The summed E-state index contributed by atoms with van der Waals surface area (Å²) in [6.07, 6.45) is 2.21. The Kier molecular flexibility index (Phi) is 5.07. The topological polar surface area (TPSA) is 71.9 Å². The Morgan fingerprint density at radius 2 is 1.97 bits per heavy atom. The molecule has 0 radical (unpaired) electrons.